The fourth-order valence-corrected chi connectivity index (χ4v) is 8.78. The van der Waals surface area contributed by atoms with Gasteiger partial charge in [0.25, 0.3) is 0 Å². The second-order valence-corrected chi connectivity index (χ2v) is 11.2. The van der Waals surface area contributed by atoms with Crippen molar-refractivity contribution in [2.75, 3.05) is 6.61 Å². The summed E-state index contributed by atoms with van der Waals surface area (Å²) in [6, 6.07) is 0. The lowest BCUT2D eigenvalue weighted by Crippen LogP contribution is -2.66. The summed E-state index contributed by atoms with van der Waals surface area (Å²) in [5.41, 5.74) is -1.02. The normalized spacial score (nSPS) is 58.6. The van der Waals surface area contributed by atoms with Gasteiger partial charge in [-0.25, -0.2) is 0 Å². The molecule has 158 valence electrons. The molecule has 28 heavy (non-hydrogen) atoms. The summed E-state index contributed by atoms with van der Waals surface area (Å²) in [5, 5.41) is 33.6. The smallest absolute Gasteiger partial charge is 0.306 e. The first-order valence-electron chi connectivity index (χ1n) is 11.4. The number of carbonyl (C=O) groups is 1. The number of aliphatic hydroxyl groups is 3. The van der Waals surface area contributed by atoms with Crippen molar-refractivity contribution < 1.29 is 24.9 Å². The van der Waals surface area contributed by atoms with E-state index in [1.165, 1.54) is 0 Å². The number of rotatable bonds is 1. The Morgan fingerprint density at radius 3 is 2.46 bits per heavy atom. The molecule has 0 amide bonds. The number of fused-ring (bicyclic) bond motifs is 5. The predicted octanol–water partition coefficient (Wildman–Crippen LogP) is 2.66. The van der Waals surface area contributed by atoms with Crippen LogP contribution in [0, 0.1) is 40.4 Å². The molecule has 0 aromatic carbocycles. The largest absolute Gasteiger partial charge is 0.465 e. The summed E-state index contributed by atoms with van der Waals surface area (Å²) >= 11 is 0. The van der Waals surface area contributed by atoms with Crippen LogP contribution in [0.1, 0.15) is 71.6 Å². The van der Waals surface area contributed by atoms with Crippen LogP contribution >= 0.6 is 0 Å². The number of carbonyl (C=O) groups excluding carboxylic acids is 1. The Hall–Kier alpha value is -0.650. The van der Waals surface area contributed by atoms with E-state index in [1.54, 1.807) is 0 Å². The lowest BCUT2D eigenvalue weighted by molar-refractivity contribution is -0.244. The Bertz CT molecular complexity index is 665. The molecule has 1 saturated heterocycles. The molecule has 1 aliphatic heterocycles. The number of esters is 1. The van der Waals surface area contributed by atoms with Crippen LogP contribution in [0.2, 0.25) is 0 Å². The van der Waals surface area contributed by atoms with Crippen molar-refractivity contribution in [3.05, 3.63) is 0 Å². The van der Waals surface area contributed by atoms with Crippen LogP contribution in [-0.2, 0) is 9.53 Å². The van der Waals surface area contributed by atoms with Crippen LogP contribution in [0.25, 0.3) is 0 Å². The van der Waals surface area contributed by atoms with Gasteiger partial charge in [0.15, 0.2) is 0 Å². The maximum absolute atomic E-state index is 12.2. The minimum absolute atomic E-state index is 0.0919. The van der Waals surface area contributed by atoms with Gasteiger partial charge in [-0.1, -0.05) is 13.8 Å². The van der Waals surface area contributed by atoms with E-state index in [0.29, 0.717) is 31.3 Å². The lowest BCUT2D eigenvalue weighted by atomic mass is 9.42. The molecule has 1 unspecified atom stereocenters. The summed E-state index contributed by atoms with van der Waals surface area (Å²) in [6.07, 6.45) is 6.68. The van der Waals surface area contributed by atoms with Gasteiger partial charge in [0, 0.05) is 11.8 Å². The summed E-state index contributed by atoms with van der Waals surface area (Å²) in [4.78, 5) is 11.7. The molecule has 5 rings (SSSR count). The maximum atomic E-state index is 12.2. The van der Waals surface area contributed by atoms with Crippen LogP contribution in [0.4, 0.5) is 0 Å². The summed E-state index contributed by atoms with van der Waals surface area (Å²) in [5.74, 6) is 0.954. The Morgan fingerprint density at radius 1 is 1.00 bits per heavy atom. The second-order valence-electron chi connectivity index (χ2n) is 11.2. The van der Waals surface area contributed by atoms with Gasteiger partial charge in [-0.15, -0.1) is 0 Å². The van der Waals surface area contributed by atoms with Crippen LogP contribution in [0.5, 0.6) is 0 Å². The summed E-state index contributed by atoms with van der Waals surface area (Å²) < 4.78 is 5.27. The number of aliphatic hydroxyl groups excluding tert-OH is 2. The molecule has 4 aliphatic carbocycles. The van der Waals surface area contributed by atoms with E-state index in [9.17, 15) is 20.1 Å². The zero-order valence-electron chi connectivity index (χ0n) is 17.3. The molecule has 0 aromatic rings. The lowest BCUT2D eigenvalue weighted by Gasteiger charge is -2.65. The highest BCUT2D eigenvalue weighted by Gasteiger charge is 2.70. The quantitative estimate of drug-likeness (QED) is 0.597. The van der Waals surface area contributed by atoms with Crippen molar-refractivity contribution in [3.8, 4) is 0 Å². The molecule has 0 aromatic heterocycles. The second kappa shape index (κ2) is 6.18. The van der Waals surface area contributed by atoms with Crippen molar-refractivity contribution >= 4 is 5.97 Å². The molecule has 0 radical (unpaired) electrons. The molecule has 5 nitrogen and oxygen atoms in total. The number of hydrogen-bond acceptors (Lipinski definition) is 5. The molecule has 5 fully saturated rings. The third-order valence-electron chi connectivity index (χ3n) is 10.4. The average molecular weight is 393 g/mol. The van der Waals surface area contributed by atoms with Crippen molar-refractivity contribution in [1.82, 2.24) is 0 Å². The topological polar surface area (TPSA) is 87.0 Å². The fourth-order valence-electron chi connectivity index (χ4n) is 8.78. The zero-order chi connectivity index (χ0) is 19.9. The minimum atomic E-state index is -0.865. The van der Waals surface area contributed by atoms with E-state index in [0.717, 1.165) is 44.9 Å². The van der Waals surface area contributed by atoms with Crippen molar-refractivity contribution in [3.63, 3.8) is 0 Å². The van der Waals surface area contributed by atoms with Crippen molar-refractivity contribution in [1.29, 1.82) is 0 Å². The molecule has 0 spiro atoms. The van der Waals surface area contributed by atoms with Crippen molar-refractivity contribution in [2.45, 2.75) is 89.4 Å². The summed E-state index contributed by atoms with van der Waals surface area (Å²) in [6.45, 7) is 5.06. The van der Waals surface area contributed by atoms with Gasteiger partial charge < -0.3 is 20.1 Å². The van der Waals surface area contributed by atoms with Gasteiger partial charge >= 0.3 is 5.97 Å². The molecular formula is C23H36O5. The SMILES string of the molecule is C[C@]12CC[C@H](O)C[C@H]1C[C@H](O)[C@@H]1[C@@H]2CC[C@]2(C)[C@@H](C3COC(=O)C3)CC[C@]12O. The average Bonchev–Trinajstić information content (AvgIpc) is 3.17. The third kappa shape index (κ3) is 2.39. The zero-order valence-corrected chi connectivity index (χ0v) is 17.3. The van der Waals surface area contributed by atoms with E-state index in [1.807, 2.05) is 0 Å². The van der Waals surface area contributed by atoms with Gasteiger partial charge in [-0.3, -0.25) is 4.79 Å². The minimum Gasteiger partial charge on any atom is -0.465 e. The first kappa shape index (κ1) is 19.3. The molecule has 3 N–H and O–H groups in total. The summed E-state index contributed by atoms with van der Waals surface area (Å²) in [7, 11) is 0. The molecule has 4 saturated carbocycles. The van der Waals surface area contributed by atoms with E-state index in [4.69, 9.17) is 4.74 Å². The van der Waals surface area contributed by atoms with Gasteiger partial charge in [0.05, 0.1) is 30.8 Å². The third-order valence-corrected chi connectivity index (χ3v) is 10.4. The molecule has 5 aliphatic rings. The van der Waals surface area contributed by atoms with Gasteiger partial charge in [-0.2, -0.15) is 0 Å². The Balaban J connectivity index is 1.48. The van der Waals surface area contributed by atoms with Crippen LogP contribution in [0.15, 0.2) is 0 Å². The van der Waals surface area contributed by atoms with E-state index >= 15 is 0 Å². The Labute approximate surface area is 167 Å². The molecule has 1 heterocycles. The number of hydrogen-bond donors (Lipinski definition) is 3. The van der Waals surface area contributed by atoms with Crippen LogP contribution in [-0.4, -0.2) is 45.7 Å². The highest BCUT2D eigenvalue weighted by molar-refractivity contribution is 5.71. The molecule has 0 bridgehead atoms. The van der Waals surface area contributed by atoms with E-state index in [2.05, 4.69) is 13.8 Å². The predicted molar refractivity (Wildman–Crippen MR) is 103 cm³/mol. The number of cyclic esters (lactones) is 1. The van der Waals surface area contributed by atoms with Crippen LogP contribution in [0.3, 0.4) is 0 Å². The first-order chi connectivity index (χ1) is 13.2. The van der Waals surface area contributed by atoms with Crippen LogP contribution < -0.4 is 0 Å². The number of ether oxygens (including phenoxy) is 1. The molecular weight excluding hydrogens is 356 g/mol. The fraction of sp³-hybridized carbons (Fsp3) is 0.957. The van der Waals surface area contributed by atoms with Gasteiger partial charge in [-0.05, 0) is 80.0 Å². The van der Waals surface area contributed by atoms with E-state index < -0.39 is 11.7 Å². The highest BCUT2D eigenvalue weighted by atomic mass is 16.5. The monoisotopic (exact) mass is 392 g/mol. The molecule has 5 heteroatoms. The maximum Gasteiger partial charge on any atom is 0.306 e. The van der Waals surface area contributed by atoms with E-state index in [-0.39, 0.29) is 40.7 Å². The molecule has 10 atom stereocenters. The highest BCUT2D eigenvalue weighted by Crippen LogP contribution is 2.70. The Kier molecular flexibility index (Phi) is 4.26. The van der Waals surface area contributed by atoms with Crippen molar-refractivity contribution in [2.24, 2.45) is 40.4 Å². The van der Waals surface area contributed by atoms with Gasteiger partial charge in [0.2, 0.25) is 0 Å². The Morgan fingerprint density at radius 2 is 1.75 bits per heavy atom. The first-order valence-corrected chi connectivity index (χ1v) is 11.4. The standard InChI is InChI=1S/C23H36O5/c1-21-6-3-15(24)10-14(21)11-18(25)20-17(21)4-7-22(2)16(5-8-23(20,22)27)13-9-19(26)28-12-13/h13-18,20,24-25,27H,3-12H2,1-2H3/t13?,14-,15-,16+,17-,18-,20-,21-,22+,23-/m0/s1. The van der Waals surface area contributed by atoms with Gasteiger partial charge in [0.1, 0.15) is 0 Å².